The zero-order valence-corrected chi connectivity index (χ0v) is 19.9. The number of benzene rings is 1. The molecule has 2 fully saturated rings. The minimum Gasteiger partial charge on any atom is -0.383 e. The molecule has 1 amide bonds. The summed E-state index contributed by atoms with van der Waals surface area (Å²) >= 11 is 11.9. The normalized spacial score (nSPS) is 23.3. The van der Waals surface area contributed by atoms with Crippen molar-refractivity contribution >= 4 is 39.1 Å². The van der Waals surface area contributed by atoms with Crippen molar-refractivity contribution in [2.24, 2.45) is 5.92 Å². The zero-order valence-electron chi connectivity index (χ0n) is 17.5. The van der Waals surface area contributed by atoms with Crippen LogP contribution in [-0.4, -0.2) is 68.6 Å². The standard InChI is InChI=1S/C20H29Cl2N3O4S/c1-4-14(2)18-19(26)25(11-12-29-3)20(23-18)7-9-24(10-8-20)30(27,28)15-5-6-16(21)17(22)13-15/h5-6,13-14,18,23H,4,7-12H2,1-3H3/t14-,18+/m1/s1. The Kier molecular flexibility index (Phi) is 7.37. The molecule has 3 rings (SSSR count). The summed E-state index contributed by atoms with van der Waals surface area (Å²) in [6.45, 7) is 5.66. The Hall–Kier alpha value is -0.900. The molecule has 2 aliphatic rings. The molecular weight excluding hydrogens is 449 g/mol. The molecule has 2 saturated heterocycles. The van der Waals surface area contributed by atoms with E-state index in [-0.39, 0.29) is 27.8 Å². The molecule has 30 heavy (non-hydrogen) atoms. The van der Waals surface area contributed by atoms with E-state index in [0.717, 1.165) is 6.42 Å². The highest BCUT2D eigenvalue weighted by Crippen LogP contribution is 2.36. The van der Waals surface area contributed by atoms with Crippen molar-refractivity contribution in [1.82, 2.24) is 14.5 Å². The highest BCUT2D eigenvalue weighted by atomic mass is 35.5. The van der Waals surface area contributed by atoms with Gasteiger partial charge in [-0.3, -0.25) is 10.1 Å². The van der Waals surface area contributed by atoms with E-state index in [2.05, 4.69) is 19.2 Å². The van der Waals surface area contributed by atoms with Crippen LogP contribution in [0.2, 0.25) is 10.0 Å². The zero-order chi connectivity index (χ0) is 22.1. The second-order valence-corrected chi connectivity index (χ2v) is 10.8. The van der Waals surface area contributed by atoms with Crippen LogP contribution in [0.15, 0.2) is 23.1 Å². The molecule has 2 heterocycles. The first kappa shape index (κ1) is 23.8. The summed E-state index contributed by atoms with van der Waals surface area (Å²) < 4.78 is 32.9. The van der Waals surface area contributed by atoms with Crippen LogP contribution in [0.1, 0.15) is 33.1 Å². The maximum absolute atomic E-state index is 13.1. The van der Waals surface area contributed by atoms with E-state index in [1.165, 1.54) is 22.5 Å². The van der Waals surface area contributed by atoms with Gasteiger partial charge < -0.3 is 9.64 Å². The highest BCUT2D eigenvalue weighted by Gasteiger charge is 2.53. The van der Waals surface area contributed by atoms with Gasteiger partial charge in [-0.1, -0.05) is 43.5 Å². The van der Waals surface area contributed by atoms with Crippen molar-refractivity contribution in [3.05, 3.63) is 28.2 Å². The molecule has 0 aromatic heterocycles. The Morgan fingerprint density at radius 3 is 2.50 bits per heavy atom. The average molecular weight is 478 g/mol. The summed E-state index contributed by atoms with van der Waals surface area (Å²) in [5.41, 5.74) is -0.548. The number of carbonyl (C=O) groups excluding carboxylic acids is 1. The minimum absolute atomic E-state index is 0.0715. The molecule has 0 radical (unpaired) electrons. The predicted octanol–water partition coefficient (Wildman–Crippen LogP) is 2.97. The van der Waals surface area contributed by atoms with Gasteiger partial charge in [-0.2, -0.15) is 4.31 Å². The summed E-state index contributed by atoms with van der Waals surface area (Å²) in [5, 5.41) is 4.07. The van der Waals surface area contributed by atoms with Crippen LogP contribution in [0.25, 0.3) is 0 Å². The van der Waals surface area contributed by atoms with E-state index in [1.807, 2.05) is 4.90 Å². The number of hydrogen-bond acceptors (Lipinski definition) is 5. The van der Waals surface area contributed by atoms with Crippen molar-refractivity contribution in [2.45, 2.75) is 49.7 Å². The Bertz CT molecular complexity index is 888. The Morgan fingerprint density at radius 2 is 1.93 bits per heavy atom. The molecule has 1 aromatic rings. The summed E-state index contributed by atoms with van der Waals surface area (Å²) in [7, 11) is -2.09. The van der Waals surface area contributed by atoms with Crippen LogP contribution < -0.4 is 5.32 Å². The lowest BCUT2D eigenvalue weighted by molar-refractivity contribution is -0.134. The molecule has 0 unspecified atom stereocenters. The molecular formula is C20H29Cl2N3O4S. The molecule has 1 aromatic carbocycles. The summed E-state index contributed by atoms with van der Waals surface area (Å²) in [6.07, 6.45) is 1.90. The second kappa shape index (κ2) is 9.30. The fourth-order valence-electron chi connectivity index (χ4n) is 4.23. The van der Waals surface area contributed by atoms with Gasteiger partial charge in [-0.25, -0.2) is 8.42 Å². The van der Waals surface area contributed by atoms with Crippen molar-refractivity contribution < 1.29 is 17.9 Å². The summed E-state index contributed by atoms with van der Waals surface area (Å²) in [5.74, 6) is 0.266. The lowest BCUT2D eigenvalue weighted by Gasteiger charge is -2.44. The smallest absolute Gasteiger partial charge is 0.243 e. The maximum Gasteiger partial charge on any atom is 0.243 e. The van der Waals surface area contributed by atoms with Gasteiger partial charge in [0, 0.05) is 26.7 Å². The third-order valence-electron chi connectivity index (χ3n) is 6.28. The minimum atomic E-state index is -3.70. The van der Waals surface area contributed by atoms with E-state index in [9.17, 15) is 13.2 Å². The third kappa shape index (κ3) is 4.36. The van der Waals surface area contributed by atoms with Gasteiger partial charge in [0.25, 0.3) is 0 Å². The molecule has 1 spiro atoms. The average Bonchev–Trinajstić information content (AvgIpc) is 2.99. The van der Waals surface area contributed by atoms with Crippen molar-refractivity contribution in [1.29, 1.82) is 0 Å². The fourth-order valence-corrected chi connectivity index (χ4v) is 6.06. The van der Waals surface area contributed by atoms with Gasteiger partial charge in [0.2, 0.25) is 15.9 Å². The molecule has 2 aliphatic heterocycles. The van der Waals surface area contributed by atoms with Crippen molar-refractivity contribution in [2.75, 3.05) is 33.4 Å². The second-order valence-electron chi connectivity index (χ2n) is 8.00. The van der Waals surface area contributed by atoms with Crippen LogP contribution >= 0.6 is 23.2 Å². The van der Waals surface area contributed by atoms with E-state index in [4.69, 9.17) is 27.9 Å². The van der Waals surface area contributed by atoms with Gasteiger partial charge in [-0.15, -0.1) is 0 Å². The van der Waals surface area contributed by atoms with Gasteiger partial charge in [0.15, 0.2) is 0 Å². The highest BCUT2D eigenvalue weighted by molar-refractivity contribution is 7.89. The number of nitrogens with one attached hydrogen (secondary N) is 1. The van der Waals surface area contributed by atoms with Crippen LogP contribution in [-0.2, 0) is 19.6 Å². The van der Waals surface area contributed by atoms with Crippen LogP contribution in [0, 0.1) is 5.92 Å². The van der Waals surface area contributed by atoms with Gasteiger partial charge in [-0.05, 0) is 37.0 Å². The molecule has 0 saturated carbocycles. The number of piperidine rings is 1. The molecule has 2 atom stereocenters. The maximum atomic E-state index is 13.1. The number of methoxy groups -OCH3 is 1. The number of hydrogen-bond donors (Lipinski definition) is 1. The number of sulfonamides is 1. The number of amides is 1. The Labute approximate surface area is 188 Å². The van der Waals surface area contributed by atoms with E-state index in [0.29, 0.717) is 44.1 Å². The Morgan fingerprint density at radius 1 is 1.27 bits per heavy atom. The molecule has 1 N–H and O–H groups in total. The van der Waals surface area contributed by atoms with Gasteiger partial charge >= 0.3 is 0 Å². The first-order valence-corrected chi connectivity index (χ1v) is 12.4. The number of halogens is 2. The first-order chi connectivity index (χ1) is 14.2. The third-order valence-corrected chi connectivity index (χ3v) is 8.92. The number of rotatable bonds is 7. The van der Waals surface area contributed by atoms with Gasteiger partial charge in [0.1, 0.15) is 0 Å². The molecule has 168 valence electrons. The number of carbonyl (C=O) groups is 1. The number of ether oxygens (including phenoxy) is 1. The number of nitrogens with zero attached hydrogens (tertiary/aromatic N) is 2. The SMILES string of the molecule is CC[C@@H](C)[C@@H]1NC2(CCN(S(=O)(=O)c3ccc(Cl)c(Cl)c3)CC2)N(CCOC)C1=O. The largest absolute Gasteiger partial charge is 0.383 e. The van der Waals surface area contributed by atoms with Crippen molar-refractivity contribution in [3.8, 4) is 0 Å². The topological polar surface area (TPSA) is 79.0 Å². The quantitative estimate of drug-likeness (QED) is 0.652. The Balaban J connectivity index is 1.80. The molecule has 7 nitrogen and oxygen atoms in total. The van der Waals surface area contributed by atoms with Crippen LogP contribution in [0.4, 0.5) is 0 Å². The lowest BCUT2D eigenvalue weighted by Crippen LogP contribution is -2.60. The monoisotopic (exact) mass is 477 g/mol. The van der Waals surface area contributed by atoms with Crippen LogP contribution in [0.3, 0.4) is 0 Å². The summed E-state index contributed by atoms with van der Waals surface area (Å²) in [4.78, 5) is 15.1. The van der Waals surface area contributed by atoms with Crippen molar-refractivity contribution in [3.63, 3.8) is 0 Å². The molecule has 0 aliphatic carbocycles. The lowest BCUT2D eigenvalue weighted by atomic mass is 9.96. The van der Waals surface area contributed by atoms with Crippen LogP contribution in [0.5, 0.6) is 0 Å². The summed E-state index contributed by atoms with van der Waals surface area (Å²) in [6, 6.07) is 4.08. The molecule has 0 bridgehead atoms. The van der Waals surface area contributed by atoms with E-state index >= 15 is 0 Å². The van der Waals surface area contributed by atoms with Gasteiger partial charge in [0.05, 0.1) is 33.3 Å². The van der Waals surface area contributed by atoms with E-state index < -0.39 is 15.7 Å². The fraction of sp³-hybridized carbons (Fsp3) is 0.650. The van der Waals surface area contributed by atoms with E-state index in [1.54, 1.807) is 7.11 Å². The first-order valence-electron chi connectivity index (χ1n) is 10.2. The molecule has 10 heteroatoms. The predicted molar refractivity (Wildman–Crippen MR) is 117 cm³/mol.